The first-order chi connectivity index (χ1) is 10.4. The Hall–Kier alpha value is -1.09. The number of carbonyl (C=O) groups excluding carboxylic acids is 1. The van der Waals surface area contributed by atoms with E-state index in [0.717, 1.165) is 35.6 Å². The summed E-state index contributed by atoms with van der Waals surface area (Å²) in [5.74, 6) is 2.05. The zero-order chi connectivity index (χ0) is 16.0. The monoisotopic (exact) mass is 343 g/mol. The van der Waals surface area contributed by atoms with Gasteiger partial charge >= 0.3 is 0 Å². The van der Waals surface area contributed by atoms with Crippen LogP contribution in [0, 0.1) is 0 Å². The second-order valence-corrected chi connectivity index (χ2v) is 8.25. The lowest BCUT2D eigenvalue weighted by molar-refractivity contribution is -0.116. The Morgan fingerprint density at radius 1 is 1.36 bits per heavy atom. The minimum Gasteiger partial charge on any atom is -0.326 e. The van der Waals surface area contributed by atoms with E-state index in [1.54, 1.807) is 24.3 Å². The van der Waals surface area contributed by atoms with E-state index in [-0.39, 0.29) is 18.5 Å². The maximum atomic E-state index is 12.0. The number of anilines is 1. The van der Waals surface area contributed by atoms with Crippen LogP contribution in [0.5, 0.6) is 0 Å². The smallest absolute Gasteiger partial charge is 0.225 e. The summed E-state index contributed by atoms with van der Waals surface area (Å²) in [7, 11) is -3.20. The van der Waals surface area contributed by atoms with Gasteiger partial charge in [0.2, 0.25) is 15.9 Å². The summed E-state index contributed by atoms with van der Waals surface area (Å²) < 4.78 is 24.5. The van der Waals surface area contributed by atoms with E-state index in [2.05, 4.69) is 15.4 Å². The van der Waals surface area contributed by atoms with Crippen molar-refractivity contribution in [2.45, 2.75) is 19.0 Å². The van der Waals surface area contributed by atoms with Gasteiger partial charge in [-0.1, -0.05) is 12.1 Å². The highest BCUT2D eigenvalue weighted by atomic mass is 32.2. The van der Waals surface area contributed by atoms with Crippen molar-refractivity contribution in [1.82, 2.24) is 10.0 Å². The fraction of sp³-hybridized carbons (Fsp3) is 0.500. The van der Waals surface area contributed by atoms with Crippen molar-refractivity contribution in [1.29, 1.82) is 0 Å². The summed E-state index contributed by atoms with van der Waals surface area (Å²) in [6, 6.07) is 7.38. The Balaban J connectivity index is 1.81. The quantitative estimate of drug-likeness (QED) is 0.710. The van der Waals surface area contributed by atoms with Crippen molar-refractivity contribution < 1.29 is 13.2 Å². The van der Waals surface area contributed by atoms with Crippen molar-refractivity contribution >= 4 is 33.4 Å². The molecule has 1 unspecified atom stereocenters. The van der Waals surface area contributed by atoms with Crippen LogP contribution < -0.4 is 15.4 Å². The largest absolute Gasteiger partial charge is 0.326 e. The molecule has 1 saturated heterocycles. The van der Waals surface area contributed by atoms with Gasteiger partial charge in [-0.25, -0.2) is 13.1 Å². The maximum absolute atomic E-state index is 12.0. The summed E-state index contributed by atoms with van der Waals surface area (Å²) in [5, 5.41) is 6.19. The molecule has 2 rings (SSSR count). The molecule has 1 fully saturated rings. The van der Waals surface area contributed by atoms with Crippen LogP contribution in [0.25, 0.3) is 0 Å². The summed E-state index contributed by atoms with van der Waals surface area (Å²) in [4.78, 5) is 12.0. The predicted molar refractivity (Wildman–Crippen MR) is 90.5 cm³/mol. The molecule has 6 nitrogen and oxygen atoms in total. The van der Waals surface area contributed by atoms with Crippen molar-refractivity contribution in [2.75, 3.05) is 29.6 Å². The van der Waals surface area contributed by atoms with Gasteiger partial charge in [-0.2, -0.15) is 11.8 Å². The van der Waals surface area contributed by atoms with Gasteiger partial charge in [-0.05, 0) is 17.7 Å². The van der Waals surface area contributed by atoms with E-state index in [9.17, 15) is 13.2 Å². The highest BCUT2D eigenvalue weighted by Crippen LogP contribution is 2.13. The first-order valence-corrected chi connectivity index (χ1v) is 10.1. The van der Waals surface area contributed by atoms with Crippen LogP contribution in [0.15, 0.2) is 24.3 Å². The lowest BCUT2D eigenvalue weighted by atomic mass is 10.2. The highest BCUT2D eigenvalue weighted by Gasteiger charge is 2.16. The number of nitrogens with one attached hydrogen (secondary N) is 3. The minimum atomic E-state index is -3.20. The average molecular weight is 343 g/mol. The van der Waals surface area contributed by atoms with E-state index < -0.39 is 10.0 Å². The van der Waals surface area contributed by atoms with Crippen LogP contribution in [0.1, 0.15) is 12.0 Å². The van der Waals surface area contributed by atoms with E-state index in [4.69, 9.17) is 0 Å². The molecule has 1 aromatic rings. The van der Waals surface area contributed by atoms with E-state index in [1.807, 2.05) is 11.8 Å². The normalized spacial score (nSPS) is 18.9. The Morgan fingerprint density at radius 2 is 2.09 bits per heavy atom. The fourth-order valence-corrected chi connectivity index (χ4v) is 3.48. The predicted octanol–water partition coefficient (Wildman–Crippen LogP) is 0.769. The van der Waals surface area contributed by atoms with Gasteiger partial charge in [0.1, 0.15) is 0 Å². The first kappa shape index (κ1) is 17.3. The first-order valence-electron chi connectivity index (χ1n) is 7.07. The Labute approximate surface area is 135 Å². The molecule has 0 spiro atoms. The third-order valence-corrected chi connectivity index (χ3v) is 5.01. The van der Waals surface area contributed by atoms with E-state index >= 15 is 0 Å². The third kappa shape index (κ3) is 6.35. The van der Waals surface area contributed by atoms with Crippen LogP contribution in [0.3, 0.4) is 0 Å². The van der Waals surface area contributed by atoms with Gasteiger partial charge in [0.15, 0.2) is 0 Å². The van der Waals surface area contributed by atoms with Gasteiger partial charge in [0, 0.05) is 42.7 Å². The van der Waals surface area contributed by atoms with Crippen molar-refractivity contribution in [3.05, 3.63) is 29.8 Å². The molecular weight excluding hydrogens is 322 g/mol. The van der Waals surface area contributed by atoms with Crippen molar-refractivity contribution in [2.24, 2.45) is 0 Å². The average Bonchev–Trinajstić information content (AvgIpc) is 2.47. The van der Waals surface area contributed by atoms with Crippen molar-refractivity contribution in [3.63, 3.8) is 0 Å². The molecule has 1 heterocycles. The fourth-order valence-electron chi connectivity index (χ4n) is 2.11. The Morgan fingerprint density at radius 3 is 2.68 bits per heavy atom. The molecule has 1 atom stereocenters. The molecule has 1 aliphatic rings. The molecule has 8 heteroatoms. The second kappa shape index (κ2) is 7.96. The number of amides is 1. The molecule has 3 N–H and O–H groups in total. The van der Waals surface area contributed by atoms with Crippen molar-refractivity contribution in [3.8, 4) is 0 Å². The summed E-state index contributed by atoms with van der Waals surface area (Å²) in [5.41, 5.74) is 1.56. The SMILES string of the molecule is CS(=O)(=O)NCc1ccc(NC(=O)CC2CSCCN2)cc1. The zero-order valence-electron chi connectivity index (χ0n) is 12.5. The van der Waals surface area contributed by atoms with Gasteiger partial charge in [0.25, 0.3) is 0 Å². The number of thioether (sulfide) groups is 1. The van der Waals surface area contributed by atoms with E-state index in [1.165, 1.54) is 0 Å². The van der Waals surface area contributed by atoms with Crippen LogP contribution in [-0.4, -0.2) is 44.7 Å². The summed E-state index contributed by atoms with van der Waals surface area (Å²) in [6.07, 6.45) is 1.59. The molecule has 0 aliphatic carbocycles. The molecule has 1 aromatic carbocycles. The topological polar surface area (TPSA) is 87.3 Å². The number of hydrogen-bond donors (Lipinski definition) is 3. The molecule has 22 heavy (non-hydrogen) atoms. The number of hydrogen-bond acceptors (Lipinski definition) is 5. The van der Waals surface area contributed by atoms with Gasteiger partial charge in [-0.15, -0.1) is 0 Å². The highest BCUT2D eigenvalue weighted by molar-refractivity contribution is 7.99. The molecule has 1 amide bonds. The summed E-state index contributed by atoms with van der Waals surface area (Å²) in [6.45, 7) is 1.20. The van der Waals surface area contributed by atoms with Crippen LogP contribution >= 0.6 is 11.8 Å². The lowest BCUT2D eigenvalue weighted by Gasteiger charge is -2.22. The minimum absolute atomic E-state index is 0.0120. The maximum Gasteiger partial charge on any atom is 0.225 e. The van der Waals surface area contributed by atoms with Crippen LogP contribution in [-0.2, 0) is 21.4 Å². The second-order valence-electron chi connectivity index (χ2n) is 5.27. The van der Waals surface area contributed by atoms with Crippen LogP contribution in [0.4, 0.5) is 5.69 Å². The van der Waals surface area contributed by atoms with Gasteiger partial charge in [0.05, 0.1) is 6.26 Å². The number of sulfonamides is 1. The Bertz CT molecular complexity index is 596. The number of rotatable bonds is 6. The molecule has 0 radical (unpaired) electrons. The third-order valence-electron chi connectivity index (χ3n) is 3.21. The number of benzene rings is 1. The molecule has 122 valence electrons. The lowest BCUT2D eigenvalue weighted by Crippen LogP contribution is -2.39. The standard InChI is InChI=1S/C14H21N3O3S2/c1-22(19,20)16-9-11-2-4-12(5-3-11)17-14(18)8-13-10-21-7-6-15-13/h2-5,13,15-16H,6-10H2,1H3,(H,17,18). The molecule has 0 aromatic heterocycles. The van der Waals surface area contributed by atoms with Gasteiger partial charge in [-0.3, -0.25) is 4.79 Å². The van der Waals surface area contributed by atoms with Crippen LogP contribution in [0.2, 0.25) is 0 Å². The molecular formula is C14H21N3O3S2. The zero-order valence-corrected chi connectivity index (χ0v) is 14.1. The summed E-state index contributed by atoms with van der Waals surface area (Å²) >= 11 is 1.86. The number of carbonyl (C=O) groups is 1. The Kier molecular flexibility index (Phi) is 6.25. The molecule has 0 saturated carbocycles. The van der Waals surface area contributed by atoms with E-state index in [0.29, 0.717) is 6.42 Å². The van der Waals surface area contributed by atoms with Gasteiger partial charge < -0.3 is 10.6 Å². The molecule has 0 bridgehead atoms. The molecule has 1 aliphatic heterocycles.